The fourth-order valence-electron chi connectivity index (χ4n) is 2.29. The summed E-state index contributed by atoms with van der Waals surface area (Å²) in [6.45, 7) is 8.18. The van der Waals surface area contributed by atoms with Crippen LogP contribution in [0, 0.1) is 11.8 Å². The van der Waals surface area contributed by atoms with Crippen LogP contribution in [0.25, 0.3) is 0 Å². The summed E-state index contributed by atoms with van der Waals surface area (Å²) in [4.78, 5) is 12.0. The first-order chi connectivity index (χ1) is 6.79. The normalized spacial score (nSPS) is 32.5. The van der Waals surface area contributed by atoms with Crippen LogP contribution in [0.4, 0.5) is 0 Å². The van der Waals surface area contributed by atoms with Gasteiger partial charge in [-0.3, -0.25) is 4.79 Å². The summed E-state index contributed by atoms with van der Waals surface area (Å²) in [5, 5.41) is 3.05. The average molecular weight is 212 g/mol. The minimum absolute atomic E-state index is 0.129. The quantitative estimate of drug-likeness (QED) is 0.694. The molecular weight excluding hydrogens is 188 g/mol. The van der Waals surface area contributed by atoms with Gasteiger partial charge in [0.25, 0.3) is 0 Å². The van der Waals surface area contributed by atoms with Crippen LogP contribution in [0.5, 0.6) is 0 Å². The van der Waals surface area contributed by atoms with Gasteiger partial charge in [0, 0.05) is 17.5 Å². The molecule has 3 nitrogen and oxygen atoms in total. The smallest absolute Gasteiger partial charge is 0.223 e. The first-order valence-electron chi connectivity index (χ1n) is 5.87. The summed E-state index contributed by atoms with van der Waals surface area (Å²) >= 11 is 0. The van der Waals surface area contributed by atoms with Gasteiger partial charge >= 0.3 is 0 Å². The highest BCUT2D eigenvalue weighted by molar-refractivity contribution is 5.79. The van der Waals surface area contributed by atoms with Crippen LogP contribution in [-0.2, 0) is 4.79 Å². The molecule has 3 N–H and O–H groups in total. The van der Waals surface area contributed by atoms with Gasteiger partial charge in [0.05, 0.1) is 0 Å². The monoisotopic (exact) mass is 212 g/mol. The van der Waals surface area contributed by atoms with Gasteiger partial charge in [0.2, 0.25) is 5.91 Å². The van der Waals surface area contributed by atoms with E-state index >= 15 is 0 Å². The Morgan fingerprint density at radius 2 is 1.93 bits per heavy atom. The van der Waals surface area contributed by atoms with E-state index in [1.807, 2.05) is 20.8 Å². The van der Waals surface area contributed by atoms with Crippen molar-refractivity contribution in [1.29, 1.82) is 0 Å². The van der Waals surface area contributed by atoms with Gasteiger partial charge in [0.1, 0.15) is 0 Å². The molecule has 0 aromatic rings. The molecule has 1 rings (SSSR count). The largest absolute Gasteiger partial charge is 0.351 e. The van der Waals surface area contributed by atoms with Crippen molar-refractivity contribution < 1.29 is 4.79 Å². The molecule has 3 atom stereocenters. The van der Waals surface area contributed by atoms with Crippen LogP contribution in [0.2, 0.25) is 0 Å². The summed E-state index contributed by atoms with van der Waals surface area (Å²) < 4.78 is 0. The van der Waals surface area contributed by atoms with Crippen molar-refractivity contribution in [3.05, 3.63) is 0 Å². The second-order valence-electron chi connectivity index (χ2n) is 5.90. The van der Waals surface area contributed by atoms with Crippen molar-refractivity contribution in [2.45, 2.75) is 58.5 Å². The molecule has 0 saturated heterocycles. The molecule has 1 fully saturated rings. The number of hydrogen-bond acceptors (Lipinski definition) is 2. The van der Waals surface area contributed by atoms with E-state index in [4.69, 9.17) is 5.73 Å². The molecule has 1 aliphatic rings. The minimum atomic E-state index is -0.129. The minimum Gasteiger partial charge on any atom is -0.351 e. The third-order valence-electron chi connectivity index (χ3n) is 3.04. The van der Waals surface area contributed by atoms with Crippen LogP contribution in [0.15, 0.2) is 0 Å². The Morgan fingerprint density at radius 1 is 1.33 bits per heavy atom. The lowest BCUT2D eigenvalue weighted by atomic mass is 9.77. The summed E-state index contributed by atoms with van der Waals surface area (Å²) in [5.41, 5.74) is 5.75. The summed E-state index contributed by atoms with van der Waals surface area (Å²) in [7, 11) is 0. The standard InChI is InChI=1S/C12H24N2O/c1-8-7-9(13)5-6-10(8)11(15)14-12(2,3)4/h8-10H,5-7,13H2,1-4H3,(H,14,15). The lowest BCUT2D eigenvalue weighted by Crippen LogP contribution is -2.47. The van der Waals surface area contributed by atoms with Crippen molar-refractivity contribution in [2.75, 3.05) is 0 Å². The van der Waals surface area contributed by atoms with Gasteiger partial charge in [-0.2, -0.15) is 0 Å². The number of nitrogens with one attached hydrogen (secondary N) is 1. The SMILES string of the molecule is CC1CC(N)CCC1C(=O)NC(C)(C)C. The van der Waals surface area contributed by atoms with Crippen LogP contribution < -0.4 is 11.1 Å². The molecule has 1 aliphatic carbocycles. The Labute approximate surface area is 92.8 Å². The van der Waals surface area contributed by atoms with Crippen LogP contribution in [0.3, 0.4) is 0 Å². The highest BCUT2D eigenvalue weighted by Gasteiger charge is 2.32. The predicted octanol–water partition coefficient (Wildman–Crippen LogP) is 1.66. The predicted molar refractivity (Wildman–Crippen MR) is 62.4 cm³/mol. The fourth-order valence-corrected chi connectivity index (χ4v) is 2.29. The molecule has 0 heterocycles. The van der Waals surface area contributed by atoms with Gasteiger partial charge < -0.3 is 11.1 Å². The van der Waals surface area contributed by atoms with Gasteiger partial charge in [-0.15, -0.1) is 0 Å². The van der Waals surface area contributed by atoms with Crippen molar-refractivity contribution in [1.82, 2.24) is 5.32 Å². The number of carbonyl (C=O) groups is 1. The molecule has 0 aromatic heterocycles. The topological polar surface area (TPSA) is 55.1 Å². The van der Waals surface area contributed by atoms with Crippen LogP contribution in [0.1, 0.15) is 47.0 Å². The lowest BCUT2D eigenvalue weighted by Gasteiger charge is -2.33. The van der Waals surface area contributed by atoms with E-state index in [0.717, 1.165) is 19.3 Å². The Morgan fingerprint density at radius 3 is 2.40 bits per heavy atom. The number of nitrogens with two attached hydrogens (primary N) is 1. The second kappa shape index (κ2) is 4.52. The molecule has 0 aliphatic heterocycles. The molecule has 0 aromatic carbocycles. The molecule has 1 amide bonds. The van der Waals surface area contributed by atoms with Crippen LogP contribution >= 0.6 is 0 Å². The summed E-state index contributed by atoms with van der Waals surface area (Å²) in [6.07, 6.45) is 2.89. The number of rotatable bonds is 1. The lowest BCUT2D eigenvalue weighted by molar-refractivity contribution is -0.129. The zero-order valence-corrected chi connectivity index (χ0v) is 10.3. The van der Waals surface area contributed by atoms with Crippen molar-refractivity contribution >= 4 is 5.91 Å². The Bertz CT molecular complexity index is 232. The Balaban J connectivity index is 2.53. The van der Waals surface area contributed by atoms with Crippen molar-refractivity contribution in [2.24, 2.45) is 17.6 Å². The first-order valence-corrected chi connectivity index (χ1v) is 5.87. The zero-order chi connectivity index (χ0) is 11.6. The third-order valence-corrected chi connectivity index (χ3v) is 3.04. The first kappa shape index (κ1) is 12.5. The van der Waals surface area contributed by atoms with E-state index in [2.05, 4.69) is 12.2 Å². The molecule has 3 unspecified atom stereocenters. The van der Waals surface area contributed by atoms with E-state index in [1.165, 1.54) is 0 Å². The van der Waals surface area contributed by atoms with Crippen molar-refractivity contribution in [3.63, 3.8) is 0 Å². The Kier molecular flexibility index (Phi) is 3.77. The highest BCUT2D eigenvalue weighted by Crippen LogP contribution is 2.29. The molecule has 88 valence electrons. The average Bonchev–Trinajstić information content (AvgIpc) is 1.99. The van der Waals surface area contributed by atoms with Gasteiger partial charge in [0.15, 0.2) is 0 Å². The van der Waals surface area contributed by atoms with E-state index in [-0.39, 0.29) is 17.4 Å². The van der Waals surface area contributed by atoms with Gasteiger partial charge in [-0.1, -0.05) is 6.92 Å². The maximum absolute atomic E-state index is 12.0. The number of amides is 1. The molecule has 0 bridgehead atoms. The summed E-state index contributed by atoms with van der Waals surface area (Å²) in [5.74, 6) is 0.766. The van der Waals surface area contributed by atoms with Gasteiger partial charge in [-0.25, -0.2) is 0 Å². The third kappa shape index (κ3) is 3.82. The van der Waals surface area contributed by atoms with Gasteiger partial charge in [-0.05, 0) is 46.0 Å². The molecule has 3 heteroatoms. The Hall–Kier alpha value is -0.570. The molecule has 0 radical (unpaired) electrons. The molecule has 1 saturated carbocycles. The molecular formula is C12H24N2O. The second-order valence-corrected chi connectivity index (χ2v) is 5.90. The van der Waals surface area contributed by atoms with E-state index < -0.39 is 0 Å². The maximum atomic E-state index is 12.0. The molecule has 0 spiro atoms. The van der Waals surface area contributed by atoms with Crippen molar-refractivity contribution in [3.8, 4) is 0 Å². The van der Waals surface area contributed by atoms with E-state index in [1.54, 1.807) is 0 Å². The number of hydrogen-bond donors (Lipinski definition) is 2. The summed E-state index contributed by atoms with van der Waals surface area (Å²) in [6, 6.07) is 0.290. The van der Waals surface area contributed by atoms with Crippen LogP contribution in [-0.4, -0.2) is 17.5 Å². The highest BCUT2D eigenvalue weighted by atomic mass is 16.2. The van der Waals surface area contributed by atoms with E-state index in [9.17, 15) is 4.79 Å². The van der Waals surface area contributed by atoms with E-state index in [0.29, 0.717) is 12.0 Å². The zero-order valence-electron chi connectivity index (χ0n) is 10.3. The number of carbonyl (C=O) groups excluding carboxylic acids is 1. The maximum Gasteiger partial charge on any atom is 0.223 e. The fraction of sp³-hybridized carbons (Fsp3) is 0.917. The molecule has 15 heavy (non-hydrogen) atoms.